The Morgan fingerprint density at radius 3 is 2.76 bits per heavy atom. The Kier molecular flexibility index (Phi) is 7.74. The average molecular weight is 472 g/mol. The lowest BCUT2D eigenvalue weighted by atomic mass is 9.91. The van der Waals surface area contributed by atoms with E-state index in [0.29, 0.717) is 24.9 Å². The van der Waals surface area contributed by atoms with E-state index in [4.69, 9.17) is 23.8 Å². The predicted molar refractivity (Wildman–Crippen MR) is 106 cm³/mol. The Balaban J connectivity index is 0.000000383. The van der Waals surface area contributed by atoms with E-state index in [2.05, 4.69) is 20.2 Å². The molecule has 0 unspecified atom stereocenters. The fourth-order valence-electron chi connectivity index (χ4n) is 3.62. The minimum absolute atomic E-state index is 0.0315. The number of halogens is 3. The SMILES string of the molecule is COc1cc(N2CC[C@H]3C[C@H](C(=O)NCc4ccco4)O[C@H]3C2)ncn1.O=C(O)C(F)(F)F. The van der Waals surface area contributed by atoms with Gasteiger partial charge in [0.25, 0.3) is 0 Å². The number of carboxylic acids is 1. The van der Waals surface area contributed by atoms with E-state index in [1.165, 1.54) is 6.33 Å². The Morgan fingerprint density at radius 1 is 1.36 bits per heavy atom. The maximum atomic E-state index is 12.4. The van der Waals surface area contributed by atoms with Crippen LogP contribution in [0.5, 0.6) is 5.88 Å². The van der Waals surface area contributed by atoms with Gasteiger partial charge in [-0.25, -0.2) is 14.8 Å². The van der Waals surface area contributed by atoms with Crippen molar-refractivity contribution in [3.05, 3.63) is 36.5 Å². The molecule has 2 aromatic heterocycles. The number of nitrogens with zero attached hydrogens (tertiary/aromatic N) is 3. The highest BCUT2D eigenvalue weighted by Crippen LogP contribution is 2.35. The summed E-state index contributed by atoms with van der Waals surface area (Å²) >= 11 is 0. The largest absolute Gasteiger partial charge is 0.490 e. The topological polar surface area (TPSA) is 127 Å². The Bertz CT molecular complexity index is 940. The quantitative estimate of drug-likeness (QED) is 0.672. The smallest absolute Gasteiger partial charge is 0.481 e. The monoisotopic (exact) mass is 472 g/mol. The molecule has 2 aromatic rings. The van der Waals surface area contributed by atoms with Gasteiger partial charge in [-0.05, 0) is 30.9 Å². The van der Waals surface area contributed by atoms with E-state index in [1.54, 1.807) is 19.4 Å². The molecule has 2 aliphatic rings. The summed E-state index contributed by atoms with van der Waals surface area (Å²) in [4.78, 5) is 31.8. The van der Waals surface area contributed by atoms with Crippen molar-refractivity contribution in [3.63, 3.8) is 0 Å². The fraction of sp³-hybridized carbons (Fsp3) is 0.500. The number of aliphatic carboxylic acids is 1. The lowest BCUT2D eigenvalue weighted by Crippen LogP contribution is -2.43. The van der Waals surface area contributed by atoms with Crippen LogP contribution in [0.4, 0.5) is 19.0 Å². The molecule has 2 aliphatic heterocycles. The van der Waals surface area contributed by atoms with Crippen molar-refractivity contribution in [1.29, 1.82) is 0 Å². The number of methoxy groups -OCH3 is 1. The highest BCUT2D eigenvalue weighted by atomic mass is 19.4. The van der Waals surface area contributed by atoms with Crippen LogP contribution in [-0.2, 0) is 20.9 Å². The molecule has 0 aliphatic carbocycles. The van der Waals surface area contributed by atoms with Crippen LogP contribution in [-0.4, -0.2) is 65.5 Å². The second kappa shape index (κ2) is 10.5. The van der Waals surface area contributed by atoms with Crippen LogP contribution >= 0.6 is 0 Å². The number of aromatic nitrogens is 2. The highest BCUT2D eigenvalue weighted by molar-refractivity contribution is 5.81. The third-order valence-electron chi connectivity index (χ3n) is 5.26. The first-order valence-corrected chi connectivity index (χ1v) is 10.0. The second-order valence-electron chi connectivity index (χ2n) is 7.41. The third-order valence-corrected chi connectivity index (χ3v) is 5.26. The molecule has 4 heterocycles. The second-order valence-corrected chi connectivity index (χ2v) is 7.41. The molecule has 0 spiro atoms. The summed E-state index contributed by atoms with van der Waals surface area (Å²) in [5.74, 6) is -0.338. The van der Waals surface area contributed by atoms with Gasteiger partial charge in [-0.3, -0.25) is 4.79 Å². The Labute approximate surface area is 186 Å². The molecule has 0 saturated carbocycles. The Morgan fingerprint density at radius 2 is 2.12 bits per heavy atom. The molecule has 0 bridgehead atoms. The number of anilines is 1. The first-order chi connectivity index (χ1) is 15.7. The zero-order valence-electron chi connectivity index (χ0n) is 17.6. The molecule has 3 atom stereocenters. The number of carbonyl (C=O) groups is 2. The number of fused-ring (bicyclic) bond motifs is 1. The number of nitrogens with one attached hydrogen (secondary N) is 1. The van der Waals surface area contributed by atoms with Crippen molar-refractivity contribution in [2.45, 2.75) is 37.8 Å². The highest BCUT2D eigenvalue weighted by Gasteiger charge is 2.42. The molecule has 180 valence electrons. The van der Waals surface area contributed by atoms with E-state index in [-0.39, 0.29) is 12.0 Å². The van der Waals surface area contributed by atoms with Gasteiger partial charge in [0.1, 0.15) is 24.0 Å². The molecule has 4 rings (SSSR count). The molecule has 2 fully saturated rings. The lowest BCUT2D eigenvalue weighted by molar-refractivity contribution is -0.192. The van der Waals surface area contributed by atoms with Crippen LogP contribution in [0.2, 0.25) is 0 Å². The molecule has 33 heavy (non-hydrogen) atoms. The van der Waals surface area contributed by atoms with Crippen molar-refractivity contribution in [1.82, 2.24) is 15.3 Å². The number of ether oxygens (including phenoxy) is 2. The summed E-state index contributed by atoms with van der Waals surface area (Å²) in [6, 6.07) is 5.46. The van der Waals surface area contributed by atoms with Gasteiger partial charge >= 0.3 is 12.1 Å². The van der Waals surface area contributed by atoms with Gasteiger partial charge in [0.15, 0.2) is 0 Å². The number of rotatable bonds is 5. The zero-order valence-corrected chi connectivity index (χ0v) is 17.6. The fourth-order valence-corrected chi connectivity index (χ4v) is 3.62. The number of hydrogen-bond donors (Lipinski definition) is 2. The number of amides is 1. The molecular formula is C20H23F3N4O6. The molecule has 0 radical (unpaired) electrons. The van der Waals surface area contributed by atoms with Crippen molar-refractivity contribution < 1.29 is 41.8 Å². The maximum absolute atomic E-state index is 12.4. The van der Waals surface area contributed by atoms with Gasteiger partial charge < -0.3 is 29.2 Å². The minimum atomic E-state index is -5.08. The maximum Gasteiger partial charge on any atom is 0.490 e. The molecule has 13 heteroatoms. The van der Waals surface area contributed by atoms with E-state index in [0.717, 1.165) is 31.0 Å². The molecule has 1 amide bonds. The summed E-state index contributed by atoms with van der Waals surface area (Å²) in [7, 11) is 1.59. The van der Waals surface area contributed by atoms with E-state index >= 15 is 0 Å². The van der Waals surface area contributed by atoms with Gasteiger partial charge in [0.05, 0.1) is 26.0 Å². The van der Waals surface area contributed by atoms with Crippen LogP contribution in [0, 0.1) is 5.92 Å². The summed E-state index contributed by atoms with van der Waals surface area (Å²) in [5, 5.41) is 10.0. The minimum Gasteiger partial charge on any atom is -0.481 e. The van der Waals surface area contributed by atoms with E-state index in [9.17, 15) is 18.0 Å². The molecule has 0 aromatic carbocycles. The lowest BCUT2D eigenvalue weighted by Gasteiger charge is -2.34. The van der Waals surface area contributed by atoms with Gasteiger partial charge in [-0.15, -0.1) is 0 Å². The number of alkyl halides is 3. The number of furan rings is 1. The predicted octanol–water partition coefficient (Wildman–Crippen LogP) is 2.01. The van der Waals surface area contributed by atoms with Crippen molar-refractivity contribution in [2.75, 3.05) is 25.1 Å². The number of piperidine rings is 1. The number of carbonyl (C=O) groups excluding carboxylic acids is 1. The number of carboxylic acid groups (broad SMARTS) is 1. The van der Waals surface area contributed by atoms with Gasteiger partial charge in [0, 0.05) is 19.2 Å². The zero-order chi connectivity index (χ0) is 24.0. The molecule has 10 nitrogen and oxygen atoms in total. The molecule has 2 N–H and O–H groups in total. The summed E-state index contributed by atoms with van der Waals surface area (Å²) in [6.45, 7) is 1.98. The first-order valence-electron chi connectivity index (χ1n) is 10.0. The number of hydrogen-bond acceptors (Lipinski definition) is 8. The standard InChI is InChI=1S/C18H22N4O4.C2HF3O2/c1-24-17-8-16(20-11-21-17)22-5-4-12-7-14(26-15(12)10-22)18(23)19-9-13-3-2-6-25-13;3-2(4,5)1(6)7/h2-3,6,8,11-12,14-15H,4-5,7,9-10H2,1H3,(H,19,23);(H,6,7)/t12-,14+,15-;/m0./s1. The van der Waals surface area contributed by atoms with E-state index < -0.39 is 18.2 Å². The molecular weight excluding hydrogens is 449 g/mol. The summed E-state index contributed by atoms with van der Waals surface area (Å²) in [6.07, 6.45) is -0.627. The van der Waals surface area contributed by atoms with Crippen LogP contribution < -0.4 is 15.0 Å². The third kappa shape index (κ3) is 6.57. The van der Waals surface area contributed by atoms with Crippen LogP contribution in [0.3, 0.4) is 0 Å². The van der Waals surface area contributed by atoms with Gasteiger partial charge in [0.2, 0.25) is 11.8 Å². The van der Waals surface area contributed by atoms with E-state index in [1.807, 2.05) is 12.1 Å². The van der Waals surface area contributed by atoms with Crippen molar-refractivity contribution in [3.8, 4) is 5.88 Å². The van der Waals surface area contributed by atoms with Crippen molar-refractivity contribution >= 4 is 17.7 Å². The summed E-state index contributed by atoms with van der Waals surface area (Å²) in [5.41, 5.74) is 0. The van der Waals surface area contributed by atoms with Crippen LogP contribution in [0.25, 0.3) is 0 Å². The van der Waals surface area contributed by atoms with Crippen molar-refractivity contribution in [2.24, 2.45) is 5.92 Å². The van der Waals surface area contributed by atoms with Gasteiger partial charge in [-0.2, -0.15) is 13.2 Å². The average Bonchev–Trinajstić information content (AvgIpc) is 3.46. The summed E-state index contributed by atoms with van der Waals surface area (Å²) < 4.78 is 48.2. The Hall–Kier alpha value is -3.35. The van der Waals surface area contributed by atoms with Crippen LogP contribution in [0.1, 0.15) is 18.6 Å². The van der Waals surface area contributed by atoms with Gasteiger partial charge in [-0.1, -0.05) is 0 Å². The van der Waals surface area contributed by atoms with Crippen LogP contribution in [0.15, 0.2) is 35.2 Å². The normalized spacial score (nSPS) is 22.1. The molecule has 2 saturated heterocycles. The first kappa shape index (κ1) is 24.3.